The minimum atomic E-state index is -0.534. The minimum absolute atomic E-state index is 0.0633. The van der Waals surface area contributed by atoms with Crippen LogP contribution in [0.2, 0.25) is 0 Å². The number of aliphatic hydroxyl groups is 1. The van der Waals surface area contributed by atoms with Crippen LogP contribution in [0.4, 0.5) is 0 Å². The zero-order chi connectivity index (χ0) is 80.7. The van der Waals surface area contributed by atoms with Gasteiger partial charge in [0.15, 0.2) is 32.8 Å². The molecule has 0 bridgehead atoms. The molecular formula is C83H90Br4N6O17. The average molecular weight is 1760 g/mol. The number of alkyl halides is 2. The van der Waals surface area contributed by atoms with Crippen molar-refractivity contribution in [3.8, 4) is 56.3 Å². The SMILES string of the molecule is CC(=O)OCC(Br)c1nc(-c2ccc(C)cc2)c(Br)o1.CC(=O)OCCc1nc(-c2ccc(C)cc2)c(Br)o1.CC(=O)OCCc1nc(-c2ccc(C)cc2)co1.CCCC(=O)CC(N)=O.CCOC(=O)Cc1nc(-c2ccc(C)cc2)co1.Cc1ccc(-c2coc(CCO)n2)cc1.Cc1ccc(C(=O)CBr)cc1. The lowest BCUT2D eigenvalue weighted by molar-refractivity contribution is -0.143. The number of benzene rings is 6. The Morgan fingerprint density at radius 3 is 1.24 bits per heavy atom. The van der Waals surface area contributed by atoms with E-state index in [0.29, 0.717) is 83.0 Å². The van der Waals surface area contributed by atoms with Gasteiger partial charge in [-0.05, 0) is 86.7 Å². The summed E-state index contributed by atoms with van der Waals surface area (Å²) in [6.45, 7) is 21.1. The van der Waals surface area contributed by atoms with Gasteiger partial charge in [0.25, 0.3) is 0 Å². The molecule has 0 radical (unpaired) electrons. The van der Waals surface area contributed by atoms with Gasteiger partial charge in [0.1, 0.15) is 70.9 Å². The van der Waals surface area contributed by atoms with Crippen LogP contribution in [0, 0.1) is 41.5 Å². The number of carbonyl (C=O) groups is 7. The van der Waals surface area contributed by atoms with Crippen molar-refractivity contribution in [3.63, 3.8) is 0 Å². The van der Waals surface area contributed by atoms with Crippen LogP contribution in [0.25, 0.3) is 56.3 Å². The molecule has 0 fully saturated rings. The maximum atomic E-state index is 11.3. The van der Waals surface area contributed by atoms with Gasteiger partial charge in [0.05, 0.1) is 51.0 Å². The molecule has 0 aliphatic carbocycles. The van der Waals surface area contributed by atoms with E-state index in [9.17, 15) is 33.6 Å². The highest BCUT2D eigenvalue weighted by molar-refractivity contribution is 9.10. The van der Waals surface area contributed by atoms with Gasteiger partial charge in [-0.3, -0.25) is 33.6 Å². The highest BCUT2D eigenvalue weighted by Gasteiger charge is 2.21. The van der Waals surface area contributed by atoms with Crippen LogP contribution in [-0.4, -0.2) is 110 Å². The van der Waals surface area contributed by atoms with Gasteiger partial charge in [-0.2, -0.15) is 0 Å². The zero-order valence-corrected chi connectivity index (χ0v) is 69.5. The summed E-state index contributed by atoms with van der Waals surface area (Å²) in [5.41, 5.74) is 21.5. The molecule has 0 spiro atoms. The van der Waals surface area contributed by atoms with E-state index in [-0.39, 0.29) is 72.9 Å². The summed E-state index contributed by atoms with van der Waals surface area (Å²) in [5, 5.41) is 9.13. The number of esters is 4. The first kappa shape index (κ1) is 90.6. The van der Waals surface area contributed by atoms with Gasteiger partial charge < -0.3 is 51.9 Å². The fraction of sp³-hybridized carbons (Fsp3) is 0.301. The molecule has 27 heteroatoms. The van der Waals surface area contributed by atoms with E-state index >= 15 is 0 Å². The first-order chi connectivity index (χ1) is 52.6. The molecule has 0 saturated carbocycles. The van der Waals surface area contributed by atoms with E-state index in [1.807, 2.05) is 194 Å². The predicted octanol–water partition coefficient (Wildman–Crippen LogP) is 18.4. The molecule has 23 nitrogen and oxygen atoms in total. The Morgan fingerprint density at radius 2 is 0.845 bits per heavy atom. The molecule has 1 atom stereocenters. The Hall–Kier alpha value is -10.1. The third kappa shape index (κ3) is 33.8. The van der Waals surface area contributed by atoms with Crippen molar-refractivity contribution in [2.24, 2.45) is 5.73 Å². The second-order valence-corrected chi connectivity index (χ2v) is 27.5. The first-order valence-electron chi connectivity index (χ1n) is 34.8. The van der Waals surface area contributed by atoms with Gasteiger partial charge in [0, 0.05) is 67.0 Å². The molecule has 5 heterocycles. The lowest BCUT2D eigenvalue weighted by Crippen LogP contribution is -2.15. The Kier molecular flexibility index (Phi) is 39.9. The molecule has 1 amide bonds. The van der Waals surface area contributed by atoms with Crippen molar-refractivity contribution in [2.75, 3.05) is 38.4 Å². The fourth-order valence-electron chi connectivity index (χ4n) is 9.13. The summed E-state index contributed by atoms with van der Waals surface area (Å²) in [4.78, 5) is 96.5. The molecule has 110 heavy (non-hydrogen) atoms. The zero-order valence-electron chi connectivity index (χ0n) is 63.2. The van der Waals surface area contributed by atoms with Crippen molar-refractivity contribution >= 4 is 105 Å². The smallest absolute Gasteiger partial charge is 0.315 e. The number of primary amides is 1. The summed E-state index contributed by atoms with van der Waals surface area (Å²) in [5.74, 6) is 0.822. The van der Waals surface area contributed by atoms with Crippen LogP contribution < -0.4 is 5.73 Å². The second-order valence-electron chi connectivity index (χ2n) is 24.4. The Bertz CT molecular complexity index is 4650. The summed E-state index contributed by atoms with van der Waals surface area (Å²) in [6.07, 6.45) is 7.42. The molecule has 3 N–H and O–H groups in total. The molecule has 0 aliphatic rings. The number of aromatic nitrogens is 5. The number of hydrogen-bond acceptors (Lipinski definition) is 22. The molecule has 11 rings (SSSR count). The maximum absolute atomic E-state index is 11.3. The molecule has 1 unspecified atom stereocenters. The predicted molar refractivity (Wildman–Crippen MR) is 432 cm³/mol. The van der Waals surface area contributed by atoms with Crippen molar-refractivity contribution < 1.29 is 79.7 Å². The monoisotopic (exact) mass is 1760 g/mol. The van der Waals surface area contributed by atoms with Crippen molar-refractivity contribution in [1.82, 2.24) is 24.9 Å². The number of nitrogens with two attached hydrogens (primary N) is 1. The van der Waals surface area contributed by atoms with Gasteiger partial charge in [-0.25, -0.2) is 24.9 Å². The number of aliphatic hydroxyl groups excluding tert-OH is 1. The molecule has 11 aromatic rings. The lowest BCUT2D eigenvalue weighted by Gasteiger charge is -2.04. The first-order valence-corrected chi connectivity index (χ1v) is 38.5. The van der Waals surface area contributed by atoms with Gasteiger partial charge in [-0.15, -0.1) is 0 Å². The van der Waals surface area contributed by atoms with Gasteiger partial charge in [-0.1, -0.05) is 218 Å². The van der Waals surface area contributed by atoms with Crippen molar-refractivity contribution in [1.29, 1.82) is 0 Å². The van der Waals surface area contributed by atoms with Crippen LogP contribution in [-0.2, 0) is 73.4 Å². The largest absolute Gasteiger partial charge is 0.466 e. The normalized spacial score (nSPS) is 10.5. The topological polar surface area (TPSA) is 333 Å². The van der Waals surface area contributed by atoms with Crippen LogP contribution in [0.15, 0.2) is 196 Å². The summed E-state index contributed by atoms with van der Waals surface area (Å²) < 4.78 is 47.5. The standard InChI is InChI=1S/C14H13Br2NO3.C14H14BrNO3.2C14H15NO3.C12H13NO2.C9H9BrO.C6H11NO2/c1-8-3-5-10(6-4-8)12-13(16)20-14(17-12)11(15)7-19-9(2)18;1-9-3-5-11(6-4-9)13-14(15)19-12(16-13)7-8-18-10(2)17;1-10-3-5-12(6-4-10)13-9-18-14(15-13)7-8-17-11(2)16;1-3-17-14(16)8-13-15-12(9-18-13)11-6-4-10(2)5-7-11;1-9-2-4-10(5-3-9)11-8-15-12(13-11)6-7-14;1-7-2-4-8(5-3-7)9(11)6-10;1-2-3-5(8)4-6(7)9/h3-6,11H,7H2,1-2H3;3-6H,7-8H2,1-2H3;3-6,9H,7-8H2,1-2H3;4-7,9H,3,8H2,1-2H3;2-5,8,14H,6-7H2,1H3;2-5H,6H2,1H3;2-4H2,1H3,(H2,7,9). The lowest BCUT2D eigenvalue weighted by atomic mass is 10.1. The number of rotatable bonds is 25. The number of nitrogens with zero attached hydrogens (tertiary/aromatic N) is 5. The van der Waals surface area contributed by atoms with Gasteiger partial charge in [0.2, 0.25) is 17.7 Å². The van der Waals surface area contributed by atoms with E-state index in [1.54, 1.807) is 25.7 Å². The van der Waals surface area contributed by atoms with Crippen LogP contribution in [0.5, 0.6) is 0 Å². The van der Waals surface area contributed by atoms with Crippen LogP contribution >= 0.6 is 63.7 Å². The van der Waals surface area contributed by atoms with E-state index < -0.39 is 5.91 Å². The number of ether oxygens (including phenoxy) is 4. The Labute approximate surface area is 673 Å². The van der Waals surface area contributed by atoms with Gasteiger partial charge >= 0.3 is 23.9 Å². The third-order valence-corrected chi connectivity index (χ3v) is 17.1. The molecule has 6 aromatic carbocycles. The van der Waals surface area contributed by atoms with Crippen molar-refractivity contribution in [3.05, 3.63) is 242 Å². The van der Waals surface area contributed by atoms with Crippen molar-refractivity contribution in [2.45, 2.75) is 126 Å². The second kappa shape index (κ2) is 48.5. The average Bonchev–Trinajstić information content (AvgIpc) is 1.69. The highest BCUT2D eigenvalue weighted by atomic mass is 79.9. The number of amides is 1. The Morgan fingerprint density at radius 1 is 0.473 bits per heavy atom. The highest BCUT2D eigenvalue weighted by Crippen LogP contribution is 2.34. The molecule has 5 aromatic heterocycles. The summed E-state index contributed by atoms with van der Waals surface area (Å²) >= 11 is 13.2. The fourth-order valence-corrected chi connectivity index (χ4v) is 10.8. The third-order valence-electron chi connectivity index (χ3n) is 14.8. The summed E-state index contributed by atoms with van der Waals surface area (Å²) in [7, 11) is 0. The molecule has 582 valence electrons. The van der Waals surface area contributed by atoms with E-state index in [0.717, 1.165) is 68.3 Å². The number of aryl methyl sites for hydroxylation is 6. The number of hydrogen-bond donors (Lipinski definition) is 2. The quantitative estimate of drug-likeness (QED) is 0.0176. The molecule has 0 saturated heterocycles. The van der Waals surface area contributed by atoms with E-state index in [2.05, 4.69) is 88.6 Å². The maximum Gasteiger partial charge on any atom is 0.315 e. The van der Waals surface area contributed by atoms with E-state index in [1.165, 1.54) is 54.2 Å². The van der Waals surface area contributed by atoms with E-state index in [4.69, 9.17) is 51.9 Å². The number of oxazole rings is 5. The molecular weight excluding hydrogens is 1670 g/mol. The van der Waals surface area contributed by atoms with Crippen LogP contribution in [0.3, 0.4) is 0 Å². The van der Waals surface area contributed by atoms with Crippen LogP contribution in [0.1, 0.15) is 132 Å². The minimum Gasteiger partial charge on any atom is -0.466 e. The number of halogens is 4. The number of ketones is 2. The number of Topliss-reactive ketones (excluding diaryl/α,β-unsaturated/α-hetero) is 2. The summed E-state index contributed by atoms with van der Waals surface area (Å²) in [6, 6.07) is 47.7. The Balaban J connectivity index is 0.000000233. The molecule has 0 aliphatic heterocycles. The number of carbonyl (C=O) groups excluding carboxylic acids is 7.